The molecule has 35 heavy (non-hydrogen) atoms. The predicted molar refractivity (Wildman–Crippen MR) is 141 cm³/mol. The largest absolute Gasteiger partial charge is 0.497 e. The predicted octanol–water partition coefficient (Wildman–Crippen LogP) is 4.16. The van der Waals surface area contributed by atoms with Crippen molar-refractivity contribution in [2.24, 2.45) is 0 Å². The third kappa shape index (κ3) is 6.09. The molecule has 3 rings (SSSR count). The molecule has 0 aliphatic carbocycles. The maximum absolute atomic E-state index is 13.9. The van der Waals surface area contributed by atoms with Gasteiger partial charge in [0.25, 0.3) is 10.0 Å². The van der Waals surface area contributed by atoms with Crippen molar-refractivity contribution in [1.29, 1.82) is 0 Å². The molecule has 9 nitrogen and oxygen atoms in total. The Balaban J connectivity index is 2.09. The summed E-state index contributed by atoms with van der Waals surface area (Å²) in [6.07, 6.45) is 0. The van der Waals surface area contributed by atoms with Gasteiger partial charge in [-0.1, -0.05) is 0 Å². The van der Waals surface area contributed by atoms with E-state index in [1.807, 2.05) is 12.1 Å². The molecule has 0 aromatic heterocycles. The number of nitrogens with zero attached hydrogens (tertiary/aromatic N) is 1. The highest BCUT2D eigenvalue weighted by molar-refractivity contribution is 14.1. The number of hydrogen-bond acceptors (Lipinski definition) is 7. The molecular formula is C24H25IN2O7S. The van der Waals surface area contributed by atoms with E-state index in [1.165, 1.54) is 52.7 Å². The first-order valence-electron chi connectivity index (χ1n) is 10.3. The van der Waals surface area contributed by atoms with Gasteiger partial charge in [0.05, 0.1) is 39.0 Å². The summed E-state index contributed by atoms with van der Waals surface area (Å²) >= 11 is 2.15. The van der Waals surface area contributed by atoms with Crippen molar-refractivity contribution in [1.82, 2.24) is 0 Å². The number of anilines is 2. The molecule has 1 N–H and O–H groups in total. The summed E-state index contributed by atoms with van der Waals surface area (Å²) in [7, 11) is 1.47. The highest BCUT2D eigenvalue weighted by Gasteiger charge is 2.31. The van der Waals surface area contributed by atoms with E-state index in [0.29, 0.717) is 17.2 Å². The van der Waals surface area contributed by atoms with Gasteiger partial charge in [0.2, 0.25) is 5.91 Å². The summed E-state index contributed by atoms with van der Waals surface area (Å²) in [5.74, 6) is 0.700. The molecule has 0 radical (unpaired) electrons. The number of amides is 1. The highest BCUT2D eigenvalue weighted by atomic mass is 127. The molecule has 3 aromatic rings. The quantitative estimate of drug-likeness (QED) is 0.343. The maximum Gasteiger partial charge on any atom is 0.265 e. The Labute approximate surface area is 218 Å². The molecule has 0 heterocycles. The van der Waals surface area contributed by atoms with Gasteiger partial charge in [-0.2, -0.15) is 0 Å². The second-order valence-corrected chi connectivity index (χ2v) is 10.2. The monoisotopic (exact) mass is 612 g/mol. The SMILES string of the molecule is COc1ccc(OC)c(N(CC(=O)Nc2ccc(I)cc2)S(=O)(=O)c2ccc(OC)c(OC)c2)c1. The molecule has 0 unspecified atom stereocenters. The minimum absolute atomic E-state index is 0.0953. The van der Waals surface area contributed by atoms with Crippen molar-refractivity contribution in [3.8, 4) is 23.0 Å². The topological polar surface area (TPSA) is 103 Å². The number of rotatable bonds is 10. The van der Waals surface area contributed by atoms with E-state index in [2.05, 4.69) is 27.9 Å². The number of halogens is 1. The van der Waals surface area contributed by atoms with Gasteiger partial charge in [-0.15, -0.1) is 0 Å². The van der Waals surface area contributed by atoms with E-state index >= 15 is 0 Å². The number of nitrogens with one attached hydrogen (secondary N) is 1. The molecule has 0 spiro atoms. The zero-order chi connectivity index (χ0) is 25.6. The van der Waals surface area contributed by atoms with Crippen molar-refractivity contribution in [3.05, 3.63) is 64.2 Å². The van der Waals surface area contributed by atoms with Crippen LogP contribution in [0.2, 0.25) is 0 Å². The van der Waals surface area contributed by atoms with Crippen LogP contribution in [0.25, 0.3) is 0 Å². The maximum atomic E-state index is 13.9. The fourth-order valence-corrected chi connectivity index (χ4v) is 5.06. The molecule has 11 heteroatoms. The first kappa shape index (κ1) is 26.4. The summed E-state index contributed by atoms with van der Waals surface area (Å²) in [4.78, 5) is 12.9. The lowest BCUT2D eigenvalue weighted by Crippen LogP contribution is -2.38. The van der Waals surface area contributed by atoms with Crippen LogP contribution in [-0.2, 0) is 14.8 Å². The number of sulfonamides is 1. The Morgan fingerprint density at radius 3 is 2.06 bits per heavy atom. The lowest BCUT2D eigenvalue weighted by atomic mass is 10.2. The van der Waals surface area contributed by atoms with Crippen molar-refractivity contribution < 1.29 is 32.2 Å². The molecule has 0 saturated carbocycles. The molecule has 0 aliphatic rings. The van der Waals surface area contributed by atoms with Gasteiger partial charge in [0, 0.05) is 21.4 Å². The lowest BCUT2D eigenvalue weighted by Gasteiger charge is -2.26. The van der Waals surface area contributed by atoms with Gasteiger partial charge in [-0.05, 0) is 71.1 Å². The number of hydrogen-bond donors (Lipinski definition) is 1. The number of benzene rings is 3. The Kier molecular flexibility index (Phi) is 8.67. The second kappa shape index (κ2) is 11.5. The molecule has 0 bridgehead atoms. The minimum Gasteiger partial charge on any atom is -0.497 e. The molecule has 3 aromatic carbocycles. The Morgan fingerprint density at radius 2 is 1.46 bits per heavy atom. The van der Waals surface area contributed by atoms with Gasteiger partial charge in [0.1, 0.15) is 18.0 Å². The fourth-order valence-electron chi connectivity index (χ4n) is 3.26. The zero-order valence-electron chi connectivity index (χ0n) is 19.6. The summed E-state index contributed by atoms with van der Waals surface area (Å²) in [5.41, 5.74) is 0.677. The van der Waals surface area contributed by atoms with Crippen LogP contribution in [0.4, 0.5) is 11.4 Å². The number of carbonyl (C=O) groups is 1. The molecule has 0 atom stereocenters. The van der Waals surface area contributed by atoms with Crippen LogP contribution >= 0.6 is 22.6 Å². The third-order valence-corrected chi connectivity index (χ3v) is 7.49. The second-order valence-electron chi connectivity index (χ2n) is 7.12. The van der Waals surface area contributed by atoms with E-state index in [-0.39, 0.29) is 22.1 Å². The van der Waals surface area contributed by atoms with Crippen molar-refractivity contribution in [3.63, 3.8) is 0 Å². The Morgan fingerprint density at radius 1 is 0.829 bits per heavy atom. The van der Waals surface area contributed by atoms with E-state index in [1.54, 1.807) is 24.3 Å². The smallest absolute Gasteiger partial charge is 0.265 e. The average Bonchev–Trinajstić information content (AvgIpc) is 2.87. The summed E-state index contributed by atoms with van der Waals surface area (Å²) in [5, 5.41) is 2.73. The number of ether oxygens (including phenoxy) is 4. The van der Waals surface area contributed by atoms with Gasteiger partial charge >= 0.3 is 0 Å². The van der Waals surface area contributed by atoms with E-state index < -0.39 is 22.5 Å². The molecule has 0 saturated heterocycles. The van der Waals surface area contributed by atoms with Crippen LogP contribution in [0, 0.1) is 3.57 Å². The van der Waals surface area contributed by atoms with Crippen LogP contribution in [0.3, 0.4) is 0 Å². The summed E-state index contributed by atoms with van der Waals surface area (Å²) in [6.45, 7) is -0.522. The number of carbonyl (C=O) groups excluding carboxylic acids is 1. The minimum atomic E-state index is -4.26. The standard InChI is InChI=1S/C24H25IN2O7S/c1-31-18-9-11-21(32-2)20(13-18)27(15-24(28)26-17-7-5-16(25)6-8-17)35(29,30)19-10-12-22(33-3)23(14-19)34-4/h5-14H,15H2,1-4H3,(H,26,28). The van der Waals surface area contributed by atoms with E-state index in [0.717, 1.165) is 7.88 Å². The van der Waals surface area contributed by atoms with E-state index in [9.17, 15) is 13.2 Å². The van der Waals surface area contributed by atoms with Crippen molar-refractivity contribution >= 4 is 49.9 Å². The molecule has 1 amide bonds. The molecular weight excluding hydrogens is 587 g/mol. The van der Waals surface area contributed by atoms with Crippen LogP contribution in [0.5, 0.6) is 23.0 Å². The highest BCUT2D eigenvalue weighted by Crippen LogP contribution is 2.37. The zero-order valence-corrected chi connectivity index (χ0v) is 22.5. The molecule has 0 fully saturated rings. The Bertz CT molecular complexity index is 1300. The van der Waals surface area contributed by atoms with Crippen LogP contribution in [0.1, 0.15) is 0 Å². The molecule has 186 valence electrons. The third-order valence-electron chi connectivity index (χ3n) is 5.01. The van der Waals surface area contributed by atoms with Gasteiger partial charge in [0.15, 0.2) is 11.5 Å². The van der Waals surface area contributed by atoms with Gasteiger partial charge < -0.3 is 24.3 Å². The first-order valence-corrected chi connectivity index (χ1v) is 12.8. The first-order chi connectivity index (χ1) is 16.7. The van der Waals surface area contributed by atoms with Crippen LogP contribution in [-0.4, -0.2) is 49.3 Å². The Hall–Kier alpha value is -3.19. The van der Waals surface area contributed by atoms with Crippen molar-refractivity contribution in [2.75, 3.05) is 44.6 Å². The van der Waals surface area contributed by atoms with Crippen LogP contribution in [0.15, 0.2) is 65.6 Å². The fraction of sp³-hybridized carbons (Fsp3) is 0.208. The summed E-state index contributed by atoms with van der Waals surface area (Å²) in [6, 6.07) is 16.0. The summed E-state index contributed by atoms with van der Waals surface area (Å²) < 4.78 is 50.9. The average molecular weight is 612 g/mol. The van der Waals surface area contributed by atoms with Crippen LogP contribution < -0.4 is 28.6 Å². The van der Waals surface area contributed by atoms with E-state index in [4.69, 9.17) is 18.9 Å². The molecule has 0 aliphatic heterocycles. The lowest BCUT2D eigenvalue weighted by molar-refractivity contribution is -0.114. The van der Waals surface area contributed by atoms with Gasteiger partial charge in [-0.25, -0.2) is 8.42 Å². The van der Waals surface area contributed by atoms with Gasteiger partial charge in [-0.3, -0.25) is 9.10 Å². The normalized spacial score (nSPS) is 10.9. The number of methoxy groups -OCH3 is 4. The van der Waals surface area contributed by atoms with Crippen molar-refractivity contribution in [2.45, 2.75) is 4.90 Å².